The van der Waals surface area contributed by atoms with Crippen molar-refractivity contribution >= 4 is 11.8 Å². The highest BCUT2D eigenvalue weighted by atomic mass is 16.5. The van der Waals surface area contributed by atoms with E-state index in [4.69, 9.17) is 9.26 Å². The number of methoxy groups -OCH3 is 1. The minimum Gasteiger partial charge on any atom is -0.497 e. The van der Waals surface area contributed by atoms with Gasteiger partial charge in [-0.05, 0) is 56.0 Å². The van der Waals surface area contributed by atoms with E-state index in [2.05, 4.69) is 15.4 Å². The Morgan fingerprint density at radius 3 is 2.71 bits per heavy atom. The lowest BCUT2D eigenvalue weighted by Gasteiger charge is -2.23. The van der Waals surface area contributed by atoms with Crippen LogP contribution in [-0.2, 0) is 0 Å². The first-order valence-corrected chi connectivity index (χ1v) is 10.0. The molecular formula is C21H27N3O4. The van der Waals surface area contributed by atoms with Crippen molar-refractivity contribution < 1.29 is 19.2 Å². The van der Waals surface area contributed by atoms with Crippen molar-refractivity contribution in [3.63, 3.8) is 0 Å². The van der Waals surface area contributed by atoms with Gasteiger partial charge in [-0.15, -0.1) is 0 Å². The van der Waals surface area contributed by atoms with Gasteiger partial charge in [-0.2, -0.15) is 0 Å². The van der Waals surface area contributed by atoms with Gasteiger partial charge in [-0.1, -0.05) is 18.0 Å². The molecule has 2 fully saturated rings. The smallest absolute Gasteiger partial charge is 0.343 e. The van der Waals surface area contributed by atoms with Crippen molar-refractivity contribution in [3.8, 4) is 17.1 Å². The van der Waals surface area contributed by atoms with Crippen molar-refractivity contribution in [2.45, 2.75) is 38.1 Å². The lowest BCUT2D eigenvalue weighted by molar-refractivity contribution is 0.0698. The van der Waals surface area contributed by atoms with Crippen LogP contribution in [0.25, 0.3) is 11.3 Å². The Labute approximate surface area is 164 Å². The number of hydrogen-bond donors (Lipinski definition) is 2. The van der Waals surface area contributed by atoms with Crippen LogP contribution < -0.4 is 10.1 Å². The largest absolute Gasteiger partial charge is 0.497 e. The Hall–Kier alpha value is -2.54. The van der Waals surface area contributed by atoms with Crippen molar-refractivity contribution in [2.24, 2.45) is 5.92 Å². The number of carboxylic acids is 1. The summed E-state index contributed by atoms with van der Waals surface area (Å²) >= 11 is 0. The maximum atomic E-state index is 11.8. The number of aromatic nitrogens is 1. The van der Waals surface area contributed by atoms with Crippen molar-refractivity contribution in [1.29, 1.82) is 0 Å². The molecule has 0 bridgehead atoms. The zero-order chi connectivity index (χ0) is 19.5. The third-order valence-electron chi connectivity index (χ3n) is 5.97. The molecule has 150 valence electrons. The second kappa shape index (κ2) is 8.22. The van der Waals surface area contributed by atoms with Crippen LogP contribution in [-0.4, -0.2) is 53.9 Å². The van der Waals surface area contributed by atoms with E-state index in [9.17, 15) is 9.90 Å². The maximum Gasteiger partial charge on any atom is 0.343 e. The normalized spacial score (nSPS) is 20.5. The molecule has 7 nitrogen and oxygen atoms in total. The molecule has 1 atom stereocenters. The summed E-state index contributed by atoms with van der Waals surface area (Å²) in [5.41, 5.74) is 0.739. The van der Waals surface area contributed by atoms with Crippen molar-refractivity contribution in [2.75, 3.05) is 32.1 Å². The van der Waals surface area contributed by atoms with E-state index in [1.807, 2.05) is 0 Å². The number of hydrogen-bond acceptors (Lipinski definition) is 6. The highest BCUT2D eigenvalue weighted by Gasteiger charge is 2.30. The number of ether oxygens (including phenoxy) is 1. The summed E-state index contributed by atoms with van der Waals surface area (Å²) in [7, 11) is 1.59. The van der Waals surface area contributed by atoms with Crippen LogP contribution in [0, 0.1) is 5.92 Å². The van der Waals surface area contributed by atoms with Crippen molar-refractivity contribution in [3.05, 3.63) is 29.8 Å². The fraction of sp³-hybridized carbons (Fsp3) is 0.524. The van der Waals surface area contributed by atoms with Crippen LogP contribution in [0.15, 0.2) is 28.8 Å². The second-order valence-corrected chi connectivity index (χ2v) is 7.74. The zero-order valence-electron chi connectivity index (χ0n) is 16.2. The van der Waals surface area contributed by atoms with Gasteiger partial charge >= 0.3 is 5.97 Å². The molecule has 2 aromatic rings. The van der Waals surface area contributed by atoms with E-state index in [0.717, 1.165) is 25.6 Å². The molecule has 7 heteroatoms. The van der Waals surface area contributed by atoms with Crippen molar-refractivity contribution in [1.82, 2.24) is 10.1 Å². The zero-order valence-corrected chi connectivity index (χ0v) is 16.2. The molecule has 1 saturated carbocycles. The number of nitrogens with zero attached hydrogens (tertiary/aromatic N) is 2. The number of likely N-dealkylation sites (tertiary alicyclic amines) is 1. The van der Waals surface area contributed by atoms with Gasteiger partial charge in [-0.3, -0.25) is 0 Å². The van der Waals surface area contributed by atoms with Gasteiger partial charge in [0.1, 0.15) is 5.75 Å². The summed E-state index contributed by atoms with van der Waals surface area (Å²) in [5.74, 6) is 0.720. The quantitative estimate of drug-likeness (QED) is 0.751. The highest BCUT2D eigenvalue weighted by molar-refractivity contribution is 5.99. The Morgan fingerprint density at radius 1 is 1.29 bits per heavy atom. The van der Waals surface area contributed by atoms with Gasteiger partial charge < -0.3 is 24.6 Å². The lowest BCUT2D eigenvalue weighted by atomic mass is 10.1. The molecule has 1 aromatic carbocycles. The summed E-state index contributed by atoms with van der Waals surface area (Å²) < 4.78 is 10.5. The fourth-order valence-corrected chi connectivity index (χ4v) is 4.42. The number of carbonyl (C=O) groups is 1. The fourth-order valence-electron chi connectivity index (χ4n) is 4.42. The Balaban J connectivity index is 1.43. The molecular weight excluding hydrogens is 358 g/mol. The third-order valence-corrected chi connectivity index (χ3v) is 5.97. The molecule has 1 aliphatic heterocycles. The number of nitrogens with one attached hydrogen (secondary N) is 1. The van der Waals surface area contributed by atoms with Crippen LogP contribution in [0.3, 0.4) is 0 Å². The van der Waals surface area contributed by atoms with Crippen LogP contribution in [0.4, 0.5) is 5.82 Å². The van der Waals surface area contributed by atoms with Gasteiger partial charge in [0.2, 0.25) is 0 Å². The van der Waals surface area contributed by atoms with E-state index >= 15 is 0 Å². The van der Waals surface area contributed by atoms with Gasteiger partial charge in [0.15, 0.2) is 17.1 Å². The van der Waals surface area contributed by atoms with Gasteiger partial charge in [0, 0.05) is 24.7 Å². The molecule has 4 rings (SSSR count). The average Bonchev–Trinajstić information content (AvgIpc) is 3.46. The minimum atomic E-state index is -1.05. The minimum absolute atomic E-state index is 0.0795. The summed E-state index contributed by atoms with van der Waals surface area (Å²) in [4.78, 5) is 14.4. The Kier molecular flexibility index (Phi) is 5.52. The highest BCUT2D eigenvalue weighted by Crippen LogP contribution is 2.32. The number of benzene rings is 1. The van der Waals surface area contributed by atoms with E-state index < -0.39 is 5.97 Å². The first-order valence-electron chi connectivity index (χ1n) is 10.0. The second-order valence-electron chi connectivity index (χ2n) is 7.74. The van der Waals surface area contributed by atoms with Crippen LogP contribution in [0.2, 0.25) is 0 Å². The predicted octanol–water partition coefficient (Wildman–Crippen LogP) is 3.72. The summed E-state index contributed by atoms with van der Waals surface area (Å²) in [6.45, 7) is 2.92. The molecule has 2 N–H and O–H groups in total. The molecule has 0 spiro atoms. The Morgan fingerprint density at radius 2 is 2.04 bits per heavy atom. The van der Waals surface area contributed by atoms with E-state index in [1.54, 1.807) is 31.4 Å². The summed E-state index contributed by atoms with van der Waals surface area (Å²) in [6, 6.07) is 7.82. The predicted molar refractivity (Wildman–Crippen MR) is 106 cm³/mol. The standard InChI is InChI=1S/C21H27N3O4/c1-27-17-8-6-15(7-9-17)19-18(21(25)26)20(23-28-19)22-12-14-10-11-24(13-14)16-4-2-3-5-16/h6-9,14,16H,2-5,10-13H2,1H3,(H,22,23)(H,25,26). The molecule has 1 unspecified atom stereocenters. The third kappa shape index (κ3) is 3.85. The van der Waals surface area contributed by atoms with Crippen LogP contribution in [0.1, 0.15) is 42.5 Å². The number of rotatable bonds is 7. The first kappa shape index (κ1) is 18.8. The van der Waals surface area contributed by atoms with Gasteiger partial charge in [-0.25, -0.2) is 4.79 Å². The number of aromatic carboxylic acids is 1. The molecule has 0 radical (unpaired) electrons. The molecule has 1 aliphatic carbocycles. The topological polar surface area (TPSA) is 87.8 Å². The number of carboxylic acid groups (broad SMARTS) is 1. The molecule has 1 saturated heterocycles. The van der Waals surface area contributed by atoms with Crippen LogP contribution >= 0.6 is 0 Å². The van der Waals surface area contributed by atoms with Gasteiger partial charge in [0.25, 0.3) is 0 Å². The lowest BCUT2D eigenvalue weighted by Crippen LogP contribution is -2.31. The summed E-state index contributed by atoms with van der Waals surface area (Å²) in [5, 5.41) is 16.9. The molecule has 1 aromatic heterocycles. The average molecular weight is 385 g/mol. The van der Waals surface area contributed by atoms with E-state index in [0.29, 0.717) is 29.6 Å². The molecule has 28 heavy (non-hydrogen) atoms. The number of anilines is 1. The molecule has 0 amide bonds. The van der Waals surface area contributed by atoms with E-state index in [1.165, 1.54) is 25.7 Å². The maximum absolute atomic E-state index is 11.8. The van der Waals surface area contributed by atoms with Gasteiger partial charge in [0.05, 0.1) is 7.11 Å². The first-order chi connectivity index (χ1) is 13.7. The van der Waals surface area contributed by atoms with E-state index in [-0.39, 0.29) is 11.3 Å². The SMILES string of the molecule is COc1ccc(-c2onc(NCC3CCN(C4CCCC4)C3)c2C(=O)O)cc1. The molecule has 2 aliphatic rings. The monoisotopic (exact) mass is 385 g/mol. The summed E-state index contributed by atoms with van der Waals surface area (Å²) in [6.07, 6.45) is 6.46. The Bertz CT molecular complexity index is 812. The molecule has 2 heterocycles. The van der Waals surface area contributed by atoms with Crippen LogP contribution in [0.5, 0.6) is 5.75 Å².